The number of nitrogens with two attached hydrogens (primary N) is 1. The van der Waals surface area contributed by atoms with Crippen molar-refractivity contribution in [3.8, 4) is 0 Å². The van der Waals surface area contributed by atoms with Gasteiger partial charge in [-0.05, 0) is 41.3 Å². The van der Waals surface area contributed by atoms with Crippen LogP contribution in [0.5, 0.6) is 0 Å². The average Bonchev–Trinajstić information content (AvgIpc) is 2.43. The van der Waals surface area contributed by atoms with Crippen molar-refractivity contribution in [2.75, 3.05) is 19.6 Å². The highest BCUT2D eigenvalue weighted by Crippen LogP contribution is 2.30. The summed E-state index contributed by atoms with van der Waals surface area (Å²) in [6.07, 6.45) is 1.29. The summed E-state index contributed by atoms with van der Waals surface area (Å²) in [6, 6.07) is 9.47. The van der Waals surface area contributed by atoms with E-state index < -0.39 is 0 Å². The Hall–Kier alpha value is -0.860. The quantitative estimate of drug-likeness (QED) is 0.912. The Bertz CT molecular complexity index is 444. The summed E-state index contributed by atoms with van der Waals surface area (Å²) in [4.78, 5) is 2.58. The number of likely N-dealkylation sites (tertiary alicyclic amines) is 1. The van der Waals surface area contributed by atoms with Crippen molar-refractivity contribution < 1.29 is 0 Å². The molecular weight excluding hydrogens is 256 g/mol. The molecule has 1 fully saturated rings. The van der Waals surface area contributed by atoms with Crippen molar-refractivity contribution >= 4 is 0 Å². The van der Waals surface area contributed by atoms with Gasteiger partial charge in [0, 0.05) is 19.1 Å². The van der Waals surface area contributed by atoms with Crippen LogP contribution in [0.15, 0.2) is 24.3 Å². The summed E-state index contributed by atoms with van der Waals surface area (Å²) in [6.45, 7) is 14.6. The monoisotopic (exact) mass is 288 g/mol. The molecule has 2 heteroatoms. The topological polar surface area (TPSA) is 29.3 Å². The Balaban J connectivity index is 2.14. The van der Waals surface area contributed by atoms with Crippen LogP contribution in [0.4, 0.5) is 0 Å². The maximum atomic E-state index is 6.10. The third-order valence-electron chi connectivity index (χ3n) is 5.19. The lowest BCUT2D eigenvalue weighted by Gasteiger charge is -2.40. The highest BCUT2D eigenvalue weighted by molar-refractivity contribution is 5.29. The molecule has 1 aliphatic rings. The van der Waals surface area contributed by atoms with Gasteiger partial charge < -0.3 is 5.73 Å². The van der Waals surface area contributed by atoms with Crippen molar-refractivity contribution in [2.45, 2.75) is 52.5 Å². The van der Waals surface area contributed by atoms with E-state index in [1.54, 1.807) is 0 Å². The van der Waals surface area contributed by atoms with E-state index in [0.717, 1.165) is 11.8 Å². The smallest absolute Gasteiger partial charge is 0.0470 e. The van der Waals surface area contributed by atoms with Gasteiger partial charge in [0.1, 0.15) is 0 Å². The minimum atomic E-state index is 0.214. The molecule has 0 bridgehead atoms. The van der Waals surface area contributed by atoms with E-state index >= 15 is 0 Å². The second kappa shape index (κ2) is 6.50. The first-order valence-corrected chi connectivity index (χ1v) is 8.37. The van der Waals surface area contributed by atoms with E-state index in [1.807, 2.05) is 0 Å². The molecule has 21 heavy (non-hydrogen) atoms. The first-order chi connectivity index (χ1) is 9.82. The molecule has 1 aliphatic heterocycles. The normalized spacial score (nSPS) is 25.8. The van der Waals surface area contributed by atoms with Gasteiger partial charge in [0.15, 0.2) is 0 Å². The van der Waals surface area contributed by atoms with Crippen molar-refractivity contribution in [1.29, 1.82) is 0 Å². The van der Waals surface area contributed by atoms with Crippen molar-refractivity contribution in [1.82, 2.24) is 4.90 Å². The molecule has 0 aromatic heterocycles. The van der Waals surface area contributed by atoms with Gasteiger partial charge >= 0.3 is 0 Å². The van der Waals surface area contributed by atoms with Gasteiger partial charge in [-0.25, -0.2) is 0 Å². The molecule has 2 N–H and O–H groups in total. The van der Waals surface area contributed by atoms with Crippen LogP contribution in [0, 0.1) is 11.8 Å². The Morgan fingerprint density at radius 2 is 1.76 bits per heavy atom. The summed E-state index contributed by atoms with van der Waals surface area (Å²) < 4.78 is 0. The summed E-state index contributed by atoms with van der Waals surface area (Å²) in [5, 5.41) is 0. The van der Waals surface area contributed by atoms with Crippen LogP contribution in [-0.4, -0.2) is 24.5 Å². The lowest BCUT2D eigenvalue weighted by Crippen LogP contribution is -2.43. The molecular formula is C19H32N2. The Morgan fingerprint density at radius 3 is 2.24 bits per heavy atom. The Labute approximate surface area is 130 Å². The van der Waals surface area contributed by atoms with Gasteiger partial charge in [0.2, 0.25) is 0 Å². The van der Waals surface area contributed by atoms with Gasteiger partial charge in [-0.15, -0.1) is 0 Å². The van der Waals surface area contributed by atoms with Crippen LogP contribution in [-0.2, 0) is 5.41 Å². The molecule has 1 heterocycles. The molecule has 0 aliphatic carbocycles. The van der Waals surface area contributed by atoms with Crippen molar-refractivity contribution in [3.05, 3.63) is 35.4 Å². The first kappa shape index (κ1) is 16.5. The fraction of sp³-hybridized carbons (Fsp3) is 0.684. The van der Waals surface area contributed by atoms with E-state index in [1.165, 1.54) is 30.6 Å². The highest BCUT2D eigenvalue weighted by Gasteiger charge is 2.28. The van der Waals surface area contributed by atoms with Gasteiger partial charge in [0.25, 0.3) is 0 Å². The third-order valence-corrected chi connectivity index (χ3v) is 5.19. The van der Waals surface area contributed by atoms with Gasteiger partial charge in [0.05, 0.1) is 0 Å². The summed E-state index contributed by atoms with van der Waals surface area (Å²) in [5.74, 6) is 1.60. The summed E-state index contributed by atoms with van der Waals surface area (Å²) >= 11 is 0. The minimum absolute atomic E-state index is 0.214. The SMILES string of the molecule is CC1CCN(C(CN)c2ccc(C(C)(C)C)cc2)CC1C. The van der Waals surface area contributed by atoms with Crippen LogP contribution in [0.2, 0.25) is 0 Å². The molecule has 0 spiro atoms. The zero-order valence-corrected chi connectivity index (χ0v) is 14.4. The Kier molecular flexibility index (Phi) is 5.11. The average molecular weight is 288 g/mol. The van der Waals surface area contributed by atoms with Crippen LogP contribution < -0.4 is 5.73 Å². The van der Waals surface area contributed by atoms with Gasteiger partial charge in [-0.3, -0.25) is 4.90 Å². The predicted molar refractivity (Wildman–Crippen MR) is 91.5 cm³/mol. The molecule has 2 nitrogen and oxygen atoms in total. The highest BCUT2D eigenvalue weighted by atomic mass is 15.2. The number of benzene rings is 1. The number of rotatable bonds is 3. The molecule has 2 rings (SSSR count). The van der Waals surface area contributed by atoms with Crippen LogP contribution in [0.1, 0.15) is 58.2 Å². The van der Waals surface area contributed by atoms with E-state index in [4.69, 9.17) is 5.73 Å². The second-order valence-corrected chi connectivity index (χ2v) is 7.86. The first-order valence-electron chi connectivity index (χ1n) is 8.37. The lowest BCUT2D eigenvalue weighted by atomic mass is 9.85. The van der Waals surface area contributed by atoms with Crippen LogP contribution >= 0.6 is 0 Å². The molecule has 0 radical (unpaired) electrons. The zero-order chi connectivity index (χ0) is 15.6. The minimum Gasteiger partial charge on any atom is -0.329 e. The Morgan fingerprint density at radius 1 is 1.14 bits per heavy atom. The van der Waals surface area contributed by atoms with Crippen molar-refractivity contribution in [2.24, 2.45) is 17.6 Å². The van der Waals surface area contributed by atoms with E-state index in [2.05, 4.69) is 63.8 Å². The predicted octanol–water partition coefficient (Wildman–Crippen LogP) is 3.96. The van der Waals surface area contributed by atoms with E-state index in [9.17, 15) is 0 Å². The number of hydrogen-bond acceptors (Lipinski definition) is 2. The van der Waals surface area contributed by atoms with Gasteiger partial charge in [-0.2, -0.15) is 0 Å². The molecule has 0 amide bonds. The molecule has 1 aromatic rings. The van der Waals surface area contributed by atoms with E-state index in [-0.39, 0.29) is 5.41 Å². The molecule has 1 saturated heterocycles. The summed E-state index contributed by atoms with van der Waals surface area (Å²) in [5.41, 5.74) is 9.07. The molecule has 3 unspecified atom stereocenters. The van der Waals surface area contributed by atoms with E-state index in [0.29, 0.717) is 12.6 Å². The maximum absolute atomic E-state index is 6.10. The number of nitrogens with zero attached hydrogens (tertiary/aromatic N) is 1. The molecule has 3 atom stereocenters. The fourth-order valence-corrected chi connectivity index (χ4v) is 3.28. The molecule has 1 aromatic carbocycles. The molecule has 0 saturated carbocycles. The summed E-state index contributed by atoms with van der Waals surface area (Å²) in [7, 11) is 0. The molecule has 118 valence electrons. The fourth-order valence-electron chi connectivity index (χ4n) is 3.28. The largest absolute Gasteiger partial charge is 0.329 e. The second-order valence-electron chi connectivity index (χ2n) is 7.86. The van der Waals surface area contributed by atoms with Crippen LogP contribution in [0.25, 0.3) is 0 Å². The lowest BCUT2D eigenvalue weighted by molar-refractivity contribution is 0.0983. The van der Waals surface area contributed by atoms with Gasteiger partial charge in [-0.1, -0.05) is 58.9 Å². The number of piperidine rings is 1. The third kappa shape index (κ3) is 3.87. The number of hydrogen-bond donors (Lipinski definition) is 1. The van der Waals surface area contributed by atoms with Crippen molar-refractivity contribution in [3.63, 3.8) is 0 Å². The van der Waals surface area contributed by atoms with Crippen LogP contribution in [0.3, 0.4) is 0 Å². The maximum Gasteiger partial charge on any atom is 0.0470 e. The zero-order valence-electron chi connectivity index (χ0n) is 14.4. The standard InChI is InChI=1S/C19H32N2/c1-14-10-11-21(13-15(14)2)18(12-20)16-6-8-17(9-7-16)19(3,4)5/h6-9,14-15,18H,10-13,20H2,1-5H3.